The Kier molecular flexibility index (Phi) is 38.0. The first kappa shape index (κ1) is 103. The fourth-order valence-corrected chi connectivity index (χ4v) is 17.1. The number of fused-ring (bicyclic) bond motifs is 3. The lowest BCUT2D eigenvalue weighted by molar-refractivity contribution is -0.152. The number of unbranched alkanes of at least 4 members (excludes halogenated alkanes) is 1. The standard InChI is InChI=1S/C91H118F2N18O20S/c1-7-8-25-70-90(130)111-47-58(114)42-73(111)86(126)104-67(43-77(117)118)83(123)106-78(50(2)3)91(131)108(5)71(38-51-18-11-9-12-19-51)84(124)101-64(32-34-95)88(128)110-46-57(113)41-72(110)85(125)103-66(40-55-44-97-62-23-16-15-22-59(55)62)82(122)102-65(36-53-26-29-56(112)30-27-53)81(121)100-63(24-17-33-94)80(120)105-69(79(119)98-45-75(96)115)48-132-49-76(116)99-68(37-54-28-31-60(92)61(93)35-54)87(127)109(6)74(89(129)107(70)4)39-52-20-13-10-14-21-52/h9-16,18-23,26-31,35,44,50,57-58,63-74,78,97,112-114H,7-8,17,24-25,32-34,36-43,45-49,94-95H2,1-6H3,(H2,96,115)(H,98,119)(H,99,116)(H,100,121)(H,101,124)(H,102,122)(H,103,125)(H,104,126)(H,105,120)(H,106,123)(H,117,118)/t57-,58-,63+,64+,65+,66+,67+,68+,69+,70+,71-,72-,73-,74+,78+/m1/s1. The number of hydrogen-bond donors (Lipinski definition) is 17. The van der Waals surface area contributed by atoms with Crippen LogP contribution in [0.4, 0.5) is 8.78 Å². The van der Waals surface area contributed by atoms with Gasteiger partial charge in [-0.05, 0) is 103 Å². The van der Waals surface area contributed by atoms with Crippen molar-refractivity contribution in [3.63, 3.8) is 0 Å². The van der Waals surface area contributed by atoms with Crippen molar-refractivity contribution in [2.24, 2.45) is 23.1 Å². The molecule has 0 bridgehead atoms. The number of amides is 15. The molecule has 3 aliphatic rings. The van der Waals surface area contributed by atoms with Crippen molar-refractivity contribution in [1.29, 1.82) is 0 Å². The number of aliphatic carboxylic acids is 1. The van der Waals surface area contributed by atoms with E-state index in [0.29, 0.717) is 51.3 Å². The maximum absolute atomic E-state index is 15.7. The van der Waals surface area contributed by atoms with Crippen LogP contribution >= 0.6 is 11.8 Å². The minimum absolute atomic E-state index is 0.0319. The molecule has 0 aliphatic carbocycles. The Morgan fingerprint density at radius 2 is 1.03 bits per heavy atom. The second-order valence-corrected chi connectivity index (χ2v) is 34.6. The van der Waals surface area contributed by atoms with Crippen LogP contribution in [0.2, 0.25) is 0 Å². The van der Waals surface area contributed by atoms with Gasteiger partial charge in [-0.3, -0.25) is 76.7 Å². The van der Waals surface area contributed by atoms with Gasteiger partial charge in [0.25, 0.3) is 0 Å². The number of para-hydroxylation sites is 1. The topological polar surface area (TPSA) is 572 Å². The number of benzene rings is 5. The second kappa shape index (κ2) is 48.8. The molecule has 9 rings (SSSR count). The summed E-state index contributed by atoms with van der Waals surface area (Å²) in [5, 5.41) is 67.5. The van der Waals surface area contributed by atoms with Crippen LogP contribution in [0.25, 0.3) is 10.9 Å². The van der Waals surface area contributed by atoms with Crippen molar-refractivity contribution < 1.29 is 106 Å². The van der Waals surface area contributed by atoms with Crippen molar-refractivity contribution >= 4 is 117 Å². The predicted octanol–water partition coefficient (Wildman–Crippen LogP) is -1.30. The van der Waals surface area contributed by atoms with E-state index in [1.807, 2.05) is 0 Å². The largest absolute Gasteiger partial charge is 0.508 e. The summed E-state index contributed by atoms with van der Waals surface area (Å²) in [4.78, 5) is 245. The number of thioether (sulfide) groups is 1. The lowest BCUT2D eigenvalue weighted by Gasteiger charge is -2.38. The van der Waals surface area contributed by atoms with E-state index in [9.17, 15) is 58.4 Å². The average Bonchev–Trinajstić information content (AvgIpc) is 1.75. The summed E-state index contributed by atoms with van der Waals surface area (Å²) in [7, 11) is 3.73. The van der Waals surface area contributed by atoms with Crippen LogP contribution in [-0.2, 0) is 109 Å². The van der Waals surface area contributed by atoms with E-state index in [0.717, 1.165) is 42.7 Å². The van der Waals surface area contributed by atoms with Gasteiger partial charge in [0.15, 0.2) is 11.6 Å². The summed E-state index contributed by atoms with van der Waals surface area (Å²) in [5.41, 5.74) is 19.9. The Morgan fingerprint density at radius 3 is 1.62 bits per heavy atom. The number of primary amides is 1. The number of carbonyl (C=O) groups excluding carboxylic acids is 15. The maximum atomic E-state index is 15.7. The number of carbonyl (C=O) groups is 16. The summed E-state index contributed by atoms with van der Waals surface area (Å²) in [6.07, 6.45) is -5.01. The number of H-pyrrole nitrogens is 1. The first-order chi connectivity index (χ1) is 62.9. The number of carboxylic acid groups (broad SMARTS) is 1. The van der Waals surface area contributed by atoms with E-state index in [1.165, 1.54) is 59.3 Å². The van der Waals surface area contributed by atoms with Gasteiger partial charge in [-0.25, -0.2) is 8.78 Å². The van der Waals surface area contributed by atoms with Crippen molar-refractivity contribution in [2.45, 2.75) is 201 Å². The fourth-order valence-electron chi connectivity index (χ4n) is 16.2. The number of aliphatic hydroxyl groups excluding tert-OH is 2. The minimum atomic E-state index is -2.02. The van der Waals surface area contributed by atoms with E-state index in [2.05, 4.69) is 52.8 Å². The van der Waals surface area contributed by atoms with Gasteiger partial charge in [0.1, 0.15) is 84.3 Å². The first-order valence-electron chi connectivity index (χ1n) is 43.7. The van der Waals surface area contributed by atoms with Crippen LogP contribution < -0.4 is 65.1 Å². The monoisotopic (exact) mass is 1850 g/mol. The number of nitrogens with zero attached hydrogens (tertiary/aromatic N) is 5. The van der Waals surface area contributed by atoms with Crippen LogP contribution in [-0.4, -0.2) is 301 Å². The molecule has 0 spiro atoms. The summed E-state index contributed by atoms with van der Waals surface area (Å²) in [6.45, 7) is 2.68. The molecule has 5 aromatic carbocycles. The third-order valence-corrected chi connectivity index (χ3v) is 24.5. The van der Waals surface area contributed by atoms with Gasteiger partial charge in [0.2, 0.25) is 88.6 Å². The normalized spacial score (nSPS) is 24.8. The van der Waals surface area contributed by atoms with E-state index >= 15 is 47.5 Å². The number of nitrogens with two attached hydrogens (primary N) is 3. The van der Waals surface area contributed by atoms with Gasteiger partial charge in [0.05, 0.1) is 30.9 Å². The Labute approximate surface area is 765 Å². The number of nitrogens with one attached hydrogen (secondary N) is 10. The Balaban J connectivity index is 1.13. The number of aromatic amines is 1. The molecule has 41 heteroatoms. The molecule has 3 aliphatic heterocycles. The number of aromatic hydroxyl groups is 1. The molecule has 15 amide bonds. The lowest BCUT2D eigenvalue weighted by Crippen LogP contribution is -2.62. The van der Waals surface area contributed by atoms with Crippen molar-refractivity contribution in [2.75, 3.05) is 65.4 Å². The van der Waals surface area contributed by atoms with Crippen LogP contribution in [0.1, 0.15) is 106 Å². The zero-order chi connectivity index (χ0) is 96.3. The Bertz CT molecular complexity index is 5100. The Morgan fingerprint density at radius 1 is 0.508 bits per heavy atom. The molecule has 4 heterocycles. The third-order valence-electron chi connectivity index (χ3n) is 23.5. The molecule has 3 fully saturated rings. The Hall–Kier alpha value is -13.0. The third kappa shape index (κ3) is 28.3. The molecule has 3 saturated heterocycles. The highest BCUT2D eigenvalue weighted by atomic mass is 32.2. The van der Waals surface area contributed by atoms with E-state index in [1.54, 1.807) is 98.0 Å². The summed E-state index contributed by atoms with van der Waals surface area (Å²) in [5.74, 6) is -21.6. The summed E-state index contributed by atoms with van der Waals surface area (Å²) >= 11 is 0.695. The van der Waals surface area contributed by atoms with Crippen LogP contribution in [0, 0.1) is 17.6 Å². The second-order valence-electron chi connectivity index (χ2n) is 33.6. The maximum Gasteiger partial charge on any atom is 0.305 e. The molecule has 20 N–H and O–H groups in total. The first-order valence-corrected chi connectivity index (χ1v) is 44.8. The number of likely N-dealkylation sites (N-methyl/N-ethyl adjacent to an activating group) is 3. The number of rotatable bonds is 24. The van der Waals surface area contributed by atoms with Gasteiger partial charge in [-0.15, -0.1) is 11.8 Å². The van der Waals surface area contributed by atoms with E-state index < -0.39 is 260 Å². The molecule has 38 nitrogen and oxygen atoms in total. The van der Waals surface area contributed by atoms with Crippen LogP contribution in [0.5, 0.6) is 5.75 Å². The fraction of sp³-hybridized carbons (Fsp3) is 0.473. The molecular weight excluding hydrogens is 1740 g/mol. The number of phenols is 1. The van der Waals surface area contributed by atoms with Gasteiger partial charge < -0.3 is 115 Å². The molecule has 132 heavy (non-hydrogen) atoms. The number of hydrogen-bond acceptors (Lipinski definition) is 22. The quantitative estimate of drug-likeness (QED) is 0.0335. The summed E-state index contributed by atoms with van der Waals surface area (Å²) in [6, 6.07) is 10.1. The number of aliphatic hydroxyl groups is 2. The van der Waals surface area contributed by atoms with Gasteiger partial charge >= 0.3 is 5.97 Å². The zero-order valence-corrected chi connectivity index (χ0v) is 75.1. The highest BCUT2D eigenvalue weighted by Gasteiger charge is 2.48. The molecule has 0 saturated carbocycles. The number of phenolic OH excluding ortho intramolecular Hbond substituents is 1. The van der Waals surface area contributed by atoms with Gasteiger partial charge in [0, 0.05) is 102 Å². The molecule has 1 aromatic heterocycles. The van der Waals surface area contributed by atoms with Crippen molar-refractivity contribution in [1.82, 2.24) is 77.3 Å². The zero-order valence-electron chi connectivity index (χ0n) is 74.2. The average molecular weight is 1850 g/mol. The minimum Gasteiger partial charge on any atom is -0.508 e. The molecular formula is C91H118F2N18O20S. The predicted molar refractivity (Wildman–Crippen MR) is 480 cm³/mol. The molecule has 712 valence electrons. The van der Waals surface area contributed by atoms with Crippen molar-refractivity contribution in [3.8, 4) is 5.75 Å². The van der Waals surface area contributed by atoms with E-state index in [4.69, 9.17) is 17.2 Å². The summed E-state index contributed by atoms with van der Waals surface area (Å²) < 4.78 is 29.8. The van der Waals surface area contributed by atoms with Gasteiger partial charge in [-0.2, -0.15) is 0 Å². The lowest BCUT2D eigenvalue weighted by atomic mass is 9.98. The number of carboxylic acids is 1. The molecule has 6 aromatic rings. The molecule has 0 unspecified atom stereocenters. The van der Waals surface area contributed by atoms with Crippen LogP contribution in [0.3, 0.4) is 0 Å². The molecule has 15 atom stereocenters. The highest BCUT2D eigenvalue weighted by Crippen LogP contribution is 2.29. The van der Waals surface area contributed by atoms with Gasteiger partial charge in [-0.1, -0.05) is 131 Å². The SMILES string of the molecule is CCCC[C@H]1C(=O)N2C[C@H](O)C[C@@H]2C(=O)N[C@@H](CC(=O)O)C(=O)N[C@@H](C(C)C)C(=O)N(C)[C@H](Cc2ccccc2)C(=O)N[C@@H](CCN)C(=O)N2C[C@H](O)C[C@@H]2C(=O)N[C@@H](Cc2c[nH]c3ccccc23)C(=O)N[C@@H](Cc2ccc(O)cc2)C(=O)N[C@@H](CCCN)C(=O)N[C@H](C(=O)NCC(N)=O)CSCC(=O)N[C@@H](Cc2ccc(F)c(F)c2)C(=O)N(C)[C@@H](Cc2ccccc2)C(=O)N1C. The number of halogens is 2. The van der Waals surface area contributed by atoms with Crippen LogP contribution in [0.15, 0.2) is 134 Å². The smallest absolute Gasteiger partial charge is 0.305 e. The highest BCUT2D eigenvalue weighted by molar-refractivity contribution is 8.00. The van der Waals surface area contributed by atoms with E-state index in [-0.39, 0.29) is 82.2 Å². The molecule has 0 radical (unpaired) electrons. The number of aromatic nitrogens is 1. The van der Waals surface area contributed by atoms with Crippen molar-refractivity contribution in [3.05, 3.63) is 173 Å².